The van der Waals surface area contributed by atoms with Crippen LogP contribution in [0.5, 0.6) is 5.75 Å². The lowest BCUT2D eigenvalue weighted by Gasteiger charge is -2.02. The van der Waals surface area contributed by atoms with Crippen LogP contribution in [0.25, 0.3) is 11.3 Å². The van der Waals surface area contributed by atoms with Crippen LogP contribution in [0.2, 0.25) is 0 Å². The minimum Gasteiger partial charge on any atom is -0.504 e. The first-order chi connectivity index (χ1) is 6.77. The summed E-state index contributed by atoms with van der Waals surface area (Å²) in [6, 6.07) is 7.82. The molecule has 0 bridgehead atoms. The van der Waals surface area contributed by atoms with Crippen LogP contribution in [0, 0.1) is 6.92 Å². The summed E-state index contributed by atoms with van der Waals surface area (Å²) in [6.07, 6.45) is 2.82. The second kappa shape index (κ2) is 3.46. The number of aromatic hydroxyl groups is 1. The molecule has 0 saturated heterocycles. The Morgan fingerprint density at radius 3 is 2.50 bits per heavy atom. The molecule has 0 saturated carbocycles. The predicted octanol–water partition coefficient (Wildman–Crippen LogP) is 2.16. The van der Waals surface area contributed by atoms with E-state index in [-0.39, 0.29) is 5.75 Å². The van der Waals surface area contributed by atoms with Gasteiger partial charge in [-0.1, -0.05) is 29.8 Å². The van der Waals surface area contributed by atoms with Gasteiger partial charge in [-0.3, -0.25) is 0 Å². The minimum atomic E-state index is 0.108. The molecule has 0 aliphatic heterocycles. The van der Waals surface area contributed by atoms with Gasteiger partial charge < -0.3 is 5.11 Å². The second-order valence-electron chi connectivity index (χ2n) is 3.12. The van der Waals surface area contributed by atoms with Gasteiger partial charge in [0.15, 0.2) is 5.75 Å². The zero-order valence-electron chi connectivity index (χ0n) is 7.81. The highest BCUT2D eigenvalue weighted by atomic mass is 16.3. The Balaban J connectivity index is 2.50. The summed E-state index contributed by atoms with van der Waals surface area (Å²) in [5.41, 5.74) is 2.65. The van der Waals surface area contributed by atoms with Gasteiger partial charge in [0.25, 0.3) is 0 Å². The van der Waals surface area contributed by atoms with E-state index >= 15 is 0 Å². The summed E-state index contributed by atoms with van der Waals surface area (Å²) in [6.45, 7) is 2.02. The Morgan fingerprint density at radius 1 is 1.14 bits per heavy atom. The Labute approximate surface area is 82.1 Å². The van der Waals surface area contributed by atoms with Crippen LogP contribution in [0.1, 0.15) is 5.56 Å². The lowest BCUT2D eigenvalue weighted by molar-refractivity contribution is 0.472. The second-order valence-corrected chi connectivity index (χ2v) is 3.12. The first-order valence-electron chi connectivity index (χ1n) is 4.33. The fourth-order valence-electron chi connectivity index (χ4n) is 1.26. The molecule has 0 spiro atoms. The molecule has 0 atom stereocenters. The van der Waals surface area contributed by atoms with Crippen molar-refractivity contribution in [1.29, 1.82) is 0 Å². The van der Waals surface area contributed by atoms with Crippen LogP contribution >= 0.6 is 0 Å². The highest BCUT2D eigenvalue weighted by Gasteiger charge is 2.03. The van der Waals surface area contributed by atoms with Gasteiger partial charge in [-0.05, 0) is 6.92 Å². The normalized spacial score (nSPS) is 10.1. The van der Waals surface area contributed by atoms with Crippen LogP contribution in [0.3, 0.4) is 0 Å². The standard InChI is InChI=1S/C11H10N2O/c1-8-2-4-9(5-3-8)11-10(14)6-12-7-13-11/h2-7,14H,1H3. The van der Waals surface area contributed by atoms with Gasteiger partial charge in [0, 0.05) is 5.56 Å². The number of aryl methyl sites for hydroxylation is 1. The first-order valence-corrected chi connectivity index (χ1v) is 4.33. The summed E-state index contributed by atoms with van der Waals surface area (Å²) in [5, 5.41) is 9.51. The maximum absolute atomic E-state index is 9.51. The highest BCUT2D eigenvalue weighted by molar-refractivity contribution is 5.64. The van der Waals surface area contributed by atoms with E-state index in [0.29, 0.717) is 5.69 Å². The number of aromatic nitrogens is 2. The van der Waals surface area contributed by atoms with Crippen molar-refractivity contribution < 1.29 is 5.11 Å². The van der Waals surface area contributed by atoms with E-state index in [9.17, 15) is 5.11 Å². The Hall–Kier alpha value is -1.90. The van der Waals surface area contributed by atoms with Crippen molar-refractivity contribution in [3.8, 4) is 17.0 Å². The summed E-state index contributed by atoms with van der Waals surface area (Å²) in [7, 11) is 0. The summed E-state index contributed by atoms with van der Waals surface area (Å²) < 4.78 is 0. The number of hydrogen-bond acceptors (Lipinski definition) is 3. The summed E-state index contributed by atoms with van der Waals surface area (Å²) in [5.74, 6) is 0.108. The predicted molar refractivity (Wildman–Crippen MR) is 53.9 cm³/mol. The highest BCUT2D eigenvalue weighted by Crippen LogP contribution is 2.24. The molecule has 1 aromatic heterocycles. The van der Waals surface area contributed by atoms with E-state index < -0.39 is 0 Å². The van der Waals surface area contributed by atoms with E-state index in [1.807, 2.05) is 31.2 Å². The fraction of sp³-hybridized carbons (Fsp3) is 0.0909. The molecule has 0 fully saturated rings. The third-order valence-corrected chi connectivity index (χ3v) is 2.02. The molecule has 1 aromatic carbocycles. The van der Waals surface area contributed by atoms with Crippen LogP contribution in [-0.4, -0.2) is 15.1 Å². The van der Waals surface area contributed by atoms with Crippen LogP contribution in [0.15, 0.2) is 36.8 Å². The van der Waals surface area contributed by atoms with Gasteiger partial charge in [-0.2, -0.15) is 0 Å². The molecule has 0 radical (unpaired) electrons. The summed E-state index contributed by atoms with van der Waals surface area (Å²) >= 11 is 0. The van der Waals surface area contributed by atoms with E-state index in [4.69, 9.17) is 0 Å². The molecule has 70 valence electrons. The van der Waals surface area contributed by atoms with Crippen LogP contribution in [0.4, 0.5) is 0 Å². The monoisotopic (exact) mass is 186 g/mol. The third-order valence-electron chi connectivity index (χ3n) is 2.02. The van der Waals surface area contributed by atoms with Gasteiger partial charge in [0.2, 0.25) is 0 Å². The quantitative estimate of drug-likeness (QED) is 0.742. The van der Waals surface area contributed by atoms with E-state index in [1.165, 1.54) is 18.1 Å². The Kier molecular flexibility index (Phi) is 2.14. The molecule has 3 nitrogen and oxygen atoms in total. The van der Waals surface area contributed by atoms with E-state index in [0.717, 1.165) is 5.56 Å². The lowest BCUT2D eigenvalue weighted by atomic mass is 10.1. The molecule has 0 aliphatic rings. The van der Waals surface area contributed by atoms with Gasteiger partial charge in [-0.15, -0.1) is 0 Å². The average molecular weight is 186 g/mol. The van der Waals surface area contributed by atoms with Crippen molar-refractivity contribution in [2.24, 2.45) is 0 Å². The fourth-order valence-corrected chi connectivity index (χ4v) is 1.26. The van der Waals surface area contributed by atoms with Crippen LogP contribution in [-0.2, 0) is 0 Å². The van der Waals surface area contributed by atoms with Crippen LogP contribution < -0.4 is 0 Å². The first kappa shape index (κ1) is 8.69. The van der Waals surface area contributed by atoms with Gasteiger partial charge in [0.05, 0.1) is 6.20 Å². The molecule has 1 heterocycles. The molecule has 0 aliphatic carbocycles. The van der Waals surface area contributed by atoms with E-state index in [1.54, 1.807) is 0 Å². The Morgan fingerprint density at radius 2 is 1.86 bits per heavy atom. The molecule has 14 heavy (non-hydrogen) atoms. The van der Waals surface area contributed by atoms with Crippen molar-refractivity contribution in [3.63, 3.8) is 0 Å². The lowest BCUT2D eigenvalue weighted by Crippen LogP contribution is -1.85. The van der Waals surface area contributed by atoms with Crippen molar-refractivity contribution in [1.82, 2.24) is 9.97 Å². The number of rotatable bonds is 1. The largest absolute Gasteiger partial charge is 0.504 e. The van der Waals surface area contributed by atoms with Gasteiger partial charge >= 0.3 is 0 Å². The zero-order valence-corrected chi connectivity index (χ0v) is 7.81. The molecular weight excluding hydrogens is 176 g/mol. The molecule has 0 unspecified atom stereocenters. The molecule has 0 amide bonds. The molecule has 3 heteroatoms. The number of benzene rings is 1. The summed E-state index contributed by atoms with van der Waals surface area (Å²) in [4.78, 5) is 7.74. The topological polar surface area (TPSA) is 46.0 Å². The Bertz CT molecular complexity index is 437. The zero-order chi connectivity index (χ0) is 9.97. The van der Waals surface area contributed by atoms with Gasteiger partial charge in [0.1, 0.15) is 12.0 Å². The smallest absolute Gasteiger partial charge is 0.160 e. The maximum atomic E-state index is 9.51. The average Bonchev–Trinajstić information content (AvgIpc) is 2.20. The van der Waals surface area contributed by atoms with Gasteiger partial charge in [-0.25, -0.2) is 9.97 Å². The van der Waals surface area contributed by atoms with Crippen molar-refractivity contribution in [2.75, 3.05) is 0 Å². The van der Waals surface area contributed by atoms with E-state index in [2.05, 4.69) is 9.97 Å². The van der Waals surface area contributed by atoms with Crippen molar-refractivity contribution in [3.05, 3.63) is 42.4 Å². The van der Waals surface area contributed by atoms with Crippen molar-refractivity contribution in [2.45, 2.75) is 6.92 Å². The molecule has 2 rings (SSSR count). The third kappa shape index (κ3) is 1.57. The molecule has 1 N–H and O–H groups in total. The number of nitrogens with zero attached hydrogens (tertiary/aromatic N) is 2. The number of hydrogen-bond donors (Lipinski definition) is 1. The molecular formula is C11H10N2O. The SMILES string of the molecule is Cc1ccc(-c2ncncc2O)cc1. The maximum Gasteiger partial charge on any atom is 0.160 e. The van der Waals surface area contributed by atoms with Crippen molar-refractivity contribution >= 4 is 0 Å². The minimum absolute atomic E-state index is 0.108. The molecule has 2 aromatic rings.